The Kier molecular flexibility index (Phi) is 7.18. The van der Waals surface area contributed by atoms with Crippen molar-refractivity contribution in [2.75, 3.05) is 20.3 Å². The number of hydrogen-bond donors (Lipinski definition) is 4. The number of aliphatic hydroxyl groups is 2. The number of carboxylic acid groups (broad SMARTS) is 1. The third kappa shape index (κ3) is 3.92. The molecule has 5 nitrogen and oxygen atoms in total. The minimum Gasteiger partial charge on any atom is -0.481 e. The van der Waals surface area contributed by atoms with Crippen LogP contribution in [0.2, 0.25) is 0 Å². The second-order valence-electron chi connectivity index (χ2n) is 2.18. The third-order valence-electron chi connectivity index (χ3n) is 1.21. The smallest absolute Gasteiger partial charge is 0.314 e. The van der Waals surface area contributed by atoms with Gasteiger partial charge in [0.05, 0.1) is 13.2 Å². The van der Waals surface area contributed by atoms with Crippen LogP contribution in [0.3, 0.4) is 0 Å². The van der Waals surface area contributed by atoms with E-state index >= 15 is 0 Å². The fraction of sp³-hybridized carbons (Fsp3) is 0.833. The Morgan fingerprint density at radius 1 is 1.36 bits per heavy atom. The van der Waals surface area contributed by atoms with Gasteiger partial charge in [-0.15, -0.1) is 0 Å². The van der Waals surface area contributed by atoms with Gasteiger partial charge in [-0.05, 0) is 14.0 Å². The van der Waals surface area contributed by atoms with Crippen molar-refractivity contribution in [1.29, 1.82) is 0 Å². The standard InChI is InChI=1S/C5H10O4.CH5N/c1-5(2-6,3-7)4(8)9;1-2/h6-7H,2-3H2,1H3,(H,8,9);2H2,1H3. The molecule has 5 heteroatoms. The van der Waals surface area contributed by atoms with Crippen LogP contribution >= 0.6 is 0 Å². The molecule has 0 heterocycles. The van der Waals surface area contributed by atoms with Crippen LogP contribution in [-0.4, -0.2) is 41.6 Å². The number of rotatable bonds is 3. The first-order valence-corrected chi connectivity index (χ1v) is 3.09. The number of nitrogens with two attached hydrogens (primary N) is 1. The maximum atomic E-state index is 10.2. The van der Waals surface area contributed by atoms with E-state index < -0.39 is 24.6 Å². The summed E-state index contributed by atoms with van der Waals surface area (Å²) < 4.78 is 0. The zero-order valence-corrected chi connectivity index (χ0v) is 6.74. The Bertz CT molecular complexity index is 111. The molecule has 0 amide bonds. The highest BCUT2D eigenvalue weighted by Gasteiger charge is 2.31. The molecule has 5 N–H and O–H groups in total. The summed E-state index contributed by atoms with van der Waals surface area (Å²) in [5.74, 6) is -1.19. The molecule has 0 unspecified atom stereocenters. The number of carbonyl (C=O) groups is 1. The first-order valence-electron chi connectivity index (χ1n) is 3.09. The normalized spacial score (nSPS) is 9.91. The molecule has 0 aliphatic heterocycles. The van der Waals surface area contributed by atoms with Gasteiger partial charge in [-0.1, -0.05) is 0 Å². The van der Waals surface area contributed by atoms with Gasteiger partial charge in [-0.25, -0.2) is 0 Å². The lowest BCUT2D eigenvalue weighted by Crippen LogP contribution is -2.35. The van der Waals surface area contributed by atoms with E-state index in [-0.39, 0.29) is 0 Å². The Balaban J connectivity index is 0. The summed E-state index contributed by atoms with van der Waals surface area (Å²) in [6.07, 6.45) is 0. The number of carboxylic acids is 1. The lowest BCUT2D eigenvalue weighted by molar-refractivity contribution is -0.152. The Morgan fingerprint density at radius 3 is 1.64 bits per heavy atom. The zero-order chi connectivity index (χ0) is 9.49. The summed E-state index contributed by atoms with van der Waals surface area (Å²) in [5.41, 5.74) is 3.11. The number of aliphatic carboxylic acids is 1. The highest BCUT2D eigenvalue weighted by Crippen LogP contribution is 2.12. The molecule has 0 aliphatic carbocycles. The minimum absolute atomic E-state index is 0.543. The van der Waals surface area contributed by atoms with Gasteiger partial charge in [0.2, 0.25) is 0 Å². The molecule has 0 spiro atoms. The van der Waals surface area contributed by atoms with Gasteiger partial charge < -0.3 is 21.1 Å². The largest absolute Gasteiger partial charge is 0.481 e. The van der Waals surface area contributed by atoms with Crippen molar-refractivity contribution >= 4 is 5.97 Å². The van der Waals surface area contributed by atoms with E-state index in [9.17, 15) is 4.79 Å². The van der Waals surface area contributed by atoms with Crippen LogP contribution in [0, 0.1) is 5.41 Å². The molecular formula is C6H15NO4. The molecule has 0 aliphatic rings. The Labute approximate surface area is 65.5 Å². The van der Waals surface area contributed by atoms with Gasteiger partial charge in [0, 0.05) is 0 Å². The highest BCUT2D eigenvalue weighted by molar-refractivity contribution is 5.74. The molecule has 11 heavy (non-hydrogen) atoms. The second kappa shape index (κ2) is 6.09. The fourth-order valence-electron chi connectivity index (χ4n) is 0.185. The molecule has 0 aromatic carbocycles. The van der Waals surface area contributed by atoms with Crippen molar-refractivity contribution in [3.8, 4) is 0 Å². The van der Waals surface area contributed by atoms with Crippen LogP contribution in [0.25, 0.3) is 0 Å². The van der Waals surface area contributed by atoms with Gasteiger partial charge in [0.15, 0.2) is 0 Å². The lowest BCUT2D eigenvalue weighted by atomic mass is 9.94. The molecule has 0 saturated heterocycles. The summed E-state index contributed by atoms with van der Waals surface area (Å²) in [6.45, 7) is 0.187. The van der Waals surface area contributed by atoms with Crippen molar-refractivity contribution in [2.24, 2.45) is 11.1 Å². The molecular weight excluding hydrogens is 150 g/mol. The van der Waals surface area contributed by atoms with Crippen LogP contribution in [0.1, 0.15) is 6.92 Å². The number of hydrogen-bond acceptors (Lipinski definition) is 4. The van der Waals surface area contributed by atoms with Crippen LogP contribution in [0.4, 0.5) is 0 Å². The summed E-state index contributed by atoms with van der Waals surface area (Å²) in [5, 5.41) is 25.1. The van der Waals surface area contributed by atoms with E-state index in [0.717, 1.165) is 0 Å². The first-order chi connectivity index (χ1) is 5.06. The van der Waals surface area contributed by atoms with Crippen molar-refractivity contribution in [3.63, 3.8) is 0 Å². The average molecular weight is 165 g/mol. The van der Waals surface area contributed by atoms with Gasteiger partial charge in [0.1, 0.15) is 5.41 Å². The maximum absolute atomic E-state index is 10.2. The van der Waals surface area contributed by atoms with E-state index in [1.807, 2.05) is 0 Å². The monoisotopic (exact) mass is 165 g/mol. The zero-order valence-electron chi connectivity index (χ0n) is 6.74. The molecule has 0 aromatic rings. The van der Waals surface area contributed by atoms with Gasteiger partial charge in [-0.3, -0.25) is 4.79 Å². The highest BCUT2D eigenvalue weighted by atomic mass is 16.4. The lowest BCUT2D eigenvalue weighted by Gasteiger charge is -2.17. The summed E-state index contributed by atoms with van der Waals surface area (Å²) in [4.78, 5) is 10.2. The first kappa shape index (κ1) is 13.0. The van der Waals surface area contributed by atoms with E-state index in [1.165, 1.54) is 14.0 Å². The molecule has 0 radical (unpaired) electrons. The molecule has 0 bridgehead atoms. The molecule has 0 fully saturated rings. The van der Waals surface area contributed by atoms with Gasteiger partial charge >= 0.3 is 5.97 Å². The average Bonchev–Trinajstić information content (AvgIpc) is 2.06. The predicted molar refractivity (Wildman–Crippen MR) is 40.0 cm³/mol. The van der Waals surface area contributed by atoms with Crippen molar-refractivity contribution in [2.45, 2.75) is 6.92 Å². The van der Waals surface area contributed by atoms with E-state index in [1.54, 1.807) is 0 Å². The van der Waals surface area contributed by atoms with E-state index in [2.05, 4.69) is 5.73 Å². The summed E-state index contributed by atoms with van der Waals surface area (Å²) >= 11 is 0. The SMILES string of the molecule is CC(CO)(CO)C(=O)O.CN. The molecule has 0 aromatic heterocycles. The molecule has 0 saturated carbocycles. The molecule has 68 valence electrons. The minimum atomic E-state index is -1.39. The quantitative estimate of drug-likeness (QED) is 0.413. The maximum Gasteiger partial charge on any atom is 0.314 e. The second-order valence-corrected chi connectivity index (χ2v) is 2.18. The number of aliphatic hydroxyl groups excluding tert-OH is 2. The summed E-state index contributed by atoms with van der Waals surface area (Å²) in [7, 11) is 1.50. The molecule has 0 atom stereocenters. The van der Waals surface area contributed by atoms with Crippen LogP contribution in [0.5, 0.6) is 0 Å². The fourth-order valence-corrected chi connectivity index (χ4v) is 0.185. The van der Waals surface area contributed by atoms with Gasteiger partial charge in [-0.2, -0.15) is 0 Å². The van der Waals surface area contributed by atoms with E-state index in [0.29, 0.717) is 0 Å². The van der Waals surface area contributed by atoms with Crippen LogP contribution in [0.15, 0.2) is 0 Å². The molecule has 0 rings (SSSR count). The topological polar surface area (TPSA) is 104 Å². The van der Waals surface area contributed by atoms with Crippen molar-refractivity contribution in [3.05, 3.63) is 0 Å². The van der Waals surface area contributed by atoms with Gasteiger partial charge in [0.25, 0.3) is 0 Å². The predicted octanol–water partition coefficient (Wildman–Crippen LogP) is -1.36. The van der Waals surface area contributed by atoms with Crippen molar-refractivity contribution < 1.29 is 20.1 Å². The third-order valence-corrected chi connectivity index (χ3v) is 1.21. The van der Waals surface area contributed by atoms with E-state index in [4.69, 9.17) is 15.3 Å². The van der Waals surface area contributed by atoms with Crippen LogP contribution < -0.4 is 5.73 Å². The summed E-state index contributed by atoms with van der Waals surface area (Å²) in [6, 6.07) is 0. The Morgan fingerprint density at radius 2 is 1.64 bits per heavy atom. The Hall–Kier alpha value is -0.650. The van der Waals surface area contributed by atoms with Crippen LogP contribution in [-0.2, 0) is 4.79 Å². The van der Waals surface area contributed by atoms with Crippen molar-refractivity contribution in [1.82, 2.24) is 0 Å².